The van der Waals surface area contributed by atoms with Crippen LogP contribution in [0.4, 0.5) is 5.82 Å². The Morgan fingerprint density at radius 1 is 1.04 bits per heavy atom. The van der Waals surface area contributed by atoms with E-state index in [1.807, 2.05) is 36.4 Å². The van der Waals surface area contributed by atoms with Crippen molar-refractivity contribution in [3.05, 3.63) is 54.7 Å². The predicted molar refractivity (Wildman–Crippen MR) is 107 cm³/mol. The first-order valence-corrected chi connectivity index (χ1v) is 10.7. The van der Waals surface area contributed by atoms with Crippen LogP contribution in [-0.4, -0.2) is 68.7 Å². The summed E-state index contributed by atoms with van der Waals surface area (Å²) in [5.41, 5.74) is 0. The Morgan fingerprint density at radius 3 is 2.43 bits per heavy atom. The molecule has 8 nitrogen and oxygen atoms in total. The van der Waals surface area contributed by atoms with Gasteiger partial charge in [0.15, 0.2) is 6.61 Å². The van der Waals surface area contributed by atoms with Gasteiger partial charge in [-0.15, -0.1) is 0 Å². The molecule has 0 bridgehead atoms. The fourth-order valence-electron chi connectivity index (χ4n) is 2.90. The lowest BCUT2D eigenvalue weighted by molar-refractivity contribution is -0.122. The third-order valence-corrected chi connectivity index (χ3v) is 6.27. The Morgan fingerprint density at radius 2 is 1.75 bits per heavy atom. The summed E-state index contributed by atoms with van der Waals surface area (Å²) in [6, 6.07) is 14.7. The minimum Gasteiger partial charge on any atom is -0.484 e. The number of para-hydroxylation sites is 1. The SMILES string of the molecule is O=C(COc1ccccc1)NCCS(=O)(=O)N1CCN(c2ccccn2)CC1. The molecule has 2 heterocycles. The second-order valence-corrected chi connectivity index (χ2v) is 8.43. The summed E-state index contributed by atoms with van der Waals surface area (Å²) in [6.07, 6.45) is 1.72. The summed E-state index contributed by atoms with van der Waals surface area (Å²) in [7, 11) is -3.42. The zero-order valence-electron chi connectivity index (χ0n) is 15.5. The number of nitrogens with one attached hydrogen (secondary N) is 1. The van der Waals surface area contributed by atoms with E-state index in [2.05, 4.69) is 15.2 Å². The van der Waals surface area contributed by atoms with Gasteiger partial charge in [0.1, 0.15) is 11.6 Å². The number of nitrogens with zero attached hydrogens (tertiary/aromatic N) is 3. The van der Waals surface area contributed by atoms with Crippen molar-refractivity contribution in [2.45, 2.75) is 0 Å². The number of hydrogen-bond acceptors (Lipinski definition) is 6. The van der Waals surface area contributed by atoms with Crippen LogP contribution in [0, 0.1) is 0 Å². The summed E-state index contributed by atoms with van der Waals surface area (Å²) in [5.74, 6) is 0.966. The number of piperazine rings is 1. The van der Waals surface area contributed by atoms with Gasteiger partial charge in [-0.25, -0.2) is 13.4 Å². The first-order valence-electron chi connectivity index (χ1n) is 9.13. The van der Waals surface area contributed by atoms with Crippen molar-refractivity contribution in [1.29, 1.82) is 0 Å². The standard InChI is InChI=1S/C19H24N4O4S/c24-19(16-27-17-6-2-1-3-7-17)21-10-15-28(25,26)23-13-11-22(12-14-23)18-8-4-5-9-20-18/h1-9H,10-16H2,(H,21,24). The van der Waals surface area contributed by atoms with Crippen molar-refractivity contribution >= 4 is 21.7 Å². The molecule has 0 saturated carbocycles. The Balaban J connectivity index is 1.39. The van der Waals surface area contributed by atoms with E-state index in [0.717, 1.165) is 5.82 Å². The molecule has 0 spiro atoms. The van der Waals surface area contributed by atoms with Gasteiger partial charge in [-0.2, -0.15) is 4.31 Å². The largest absolute Gasteiger partial charge is 0.484 e. The van der Waals surface area contributed by atoms with E-state index in [0.29, 0.717) is 31.9 Å². The number of carbonyl (C=O) groups is 1. The molecule has 0 radical (unpaired) electrons. The molecule has 1 aromatic heterocycles. The second-order valence-electron chi connectivity index (χ2n) is 6.34. The predicted octanol–water partition coefficient (Wildman–Crippen LogP) is 0.729. The number of ether oxygens (including phenoxy) is 1. The Hall–Kier alpha value is -2.65. The highest BCUT2D eigenvalue weighted by atomic mass is 32.2. The summed E-state index contributed by atoms with van der Waals surface area (Å²) < 4.78 is 31.8. The minimum atomic E-state index is -3.42. The maximum Gasteiger partial charge on any atom is 0.257 e. The molecule has 0 atom stereocenters. The number of benzene rings is 1. The highest BCUT2D eigenvalue weighted by Crippen LogP contribution is 2.14. The highest BCUT2D eigenvalue weighted by molar-refractivity contribution is 7.89. The van der Waals surface area contributed by atoms with Gasteiger partial charge in [-0.3, -0.25) is 4.79 Å². The number of anilines is 1. The van der Waals surface area contributed by atoms with E-state index in [4.69, 9.17) is 4.74 Å². The van der Waals surface area contributed by atoms with Crippen molar-refractivity contribution in [2.24, 2.45) is 0 Å². The van der Waals surface area contributed by atoms with Crippen LogP contribution in [-0.2, 0) is 14.8 Å². The number of aromatic nitrogens is 1. The molecule has 150 valence electrons. The Labute approximate surface area is 165 Å². The number of amides is 1. The van der Waals surface area contributed by atoms with Gasteiger partial charge in [0.25, 0.3) is 5.91 Å². The molecule has 9 heteroatoms. The van der Waals surface area contributed by atoms with Crippen LogP contribution < -0.4 is 15.0 Å². The number of rotatable bonds is 8. The fraction of sp³-hybridized carbons (Fsp3) is 0.368. The molecule has 3 rings (SSSR count). The fourth-order valence-corrected chi connectivity index (χ4v) is 4.24. The van der Waals surface area contributed by atoms with E-state index in [1.165, 1.54) is 4.31 Å². The smallest absolute Gasteiger partial charge is 0.257 e. The number of pyridine rings is 1. The van der Waals surface area contributed by atoms with Gasteiger partial charge in [0.2, 0.25) is 10.0 Å². The molecule has 1 saturated heterocycles. The number of hydrogen-bond donors (Lipinski definition) is 1. The van der Waals surface area contributed by atoms with Gasteiger partial charge in [-0.05, 0) is 24.3 Å². The average molecular weight is 404 g/mol. The van der Waals surface area contributed by atoms with Crippen molar-refractivity contribution in [1.82, 2.24) is 14.6 Å². The molecule has 1 aliphatic heterocycles. The second kappa shape index (κ2) is 9.52. The van der Waals surface area contributed by atoms with E-state index < -0.39 is 10.0 Å². The van der Waals surface area contributed by atoms with Crippen molar-refractivity contribution in [2.75, 3.05) is 50.0 Å². The number of carbonyl (C=O) groups excluding carboxylic acids is 1. The summed E-state index contributed by atoms with van der Waals surface area (Å²) in [5, 5.41) is 2.59. The van der Waals surface area contributed by atoms with Crippen LogP contribution in [0.3, 0.4) is 0 Å². The van der Waals surface area contributed by atoms with Gasteiger partial charge < -0.3 is 15.0 Å². The minimum absolute atomic E-state index is 0.0553. The molecule has 0 aliphatic carbocycles. The third kappa shape index (κ3) is 5.67. The maximum absolute atomic E-state index is 12.5. The lowest BCUT2D eigenvalue weighted by atomic mass is 10.3. The van der Waals surface area contributed by atoms with Crippen LogP contribution in [0.15, 0.2) is 54.7 Å². The molecule has 1 aliphatic rings. The molecule has 0 unspecified atom stereocenters. The van der Waals surface area contributed by atoms with Crippen LogP contribution in [0.2, 0.25) is 0 Å². The summed E-state index contributed by atoms with van der Waals surface area (Å²) >= 11 is 0. The Kier molecular flexibility index (Phi) is 6.83. The quantitative estimate of drug-likeness (QED) is 0.697. The molecule has 2 aromatic rings. The monoisotopic (exact) mass is 404 g/mol. The molecule has 28 heavy (non-hydrogen) atoms. The maximum atomic E-state index is 12.5. The molecule has 1 aromatic carbocycles. The van der Waals surface area contributed by atoms with Gasteiger partial charge in [-0.1, -0.05) is 24.3 Å². The van der Waals surface area contributed by atoms with Gasteiger partial charge >= 0.3 is 0 Å². The number of sulfonamides is 1. The zero-order valence-corrected chi connectivity index (χ0v) is 16.3. The summed E-state index contributed by atoms with van der Waals surface area (Å²) in [4.78, 5) is 18.2. The van der Waals surface area contributed by atoms with E-state index in [9.17, 15) is 13.2 Å². The molecular formula is C19H24N4O4S. The molecule has 1 fully saturated rings. The first-order chi connectivity index (χ1) is 13.5. The van der Waals surface area contributed by atoms with Gasteiger partial charge in [0.05, 0.1) is 5.75 Å². The van der Waals surface area contributed by atoms with E-state index >= 15 is 0 Å². The lowest BCUT2D eigenvalue weighted by Crippen LogP contribution is -2.50. The van der Waals surface area contributed by atoms with Gasteiger partial charge in [0, 0.05) is 38.9 Å². The summed E-state index contributed by atoms with van der Waals surface area (Å²) in [6.45, 7) is 1.90. The molecular weight excluding hydrogens is 380 g/mol. The average Bonchev–Trinajstić information content (AvgIpc) is 2.74. The molecule has 1 amide bonds. The van der Waals surface area contributed by atoms with E-state index in [1.54, 1.807) is 18.3 Å². The van der Waals surface area contributed by atoms with Crippen LogP contribution in [0.1, 0.15) is 0 Å². The van der Waals surface area contributed by atoms with E-state index in [-0.39, 0.29) is 24.8 Å². The van der Waals surface area contributed by atoms with Crippen molar-refractivity contribution in [3.63, 3.8) is 0 Å². The highest BCUT2D eigenvalue weighted by Gasteiger charge is 2.27. The lowest BCUT2D eigenvalue weighted by Gasteiger charge is -2.34. The van der Waals surface area contributed by atoms with Crippen molar-refractivity contribution in [3.8, 4) is 5.75 Å². The van der Waals surface area contributed by atoms with Crippen LogP contribution in [0.25, 0.3) is 0 Å². The third-order valence-electron chi connectivity index (χ3n) is 4.40. The molecule has 1 N–H and O–H groups in total. The zero-order chi connectivity index (χ0) is 19.8. The van der Waals surface area contributed by atoms with Crippen LogP contribution >= 0.6 is 0 Å². The van der Waals surface area contributed by atoms with Crippen LogP contribution in [0.5, 0.6) is 5.75 Å². The normalized spacial score (nSPS) is 15.2. The first kappa shape index (κ1) is 20.1. The Bertz CT molecular complexity index is 854. The topological polar surface area (TPSA) is 91.8 Å². The van der Waals surface area contributed by atoms with Crippen molar-refractivity contribution < 1.29 is 17.9 Å².